The molecule has 0 saturated carbocycles. The zero-order valence-electron chi connectivity index (χ0n) is 23.1. The van der Waals surface area contributed by atoms with Gasteiger partial charge in [-0.1, -0.05) is 78.9 Å². The van der Waals surface area contributed by atoms with Crippen LogP contribution in [0.5, 0.6) is 0 Å². The van der Waals surface area contributed by atoms with Crippen molar-refractivity contribution in [1.82, 2.24) is 18.5 Å². The summed E-state index contributed by atoms with van der Waals surface area (Å²) in [6.45, 7) is 0. The first-order valence-electron chi connectivity index (χ1n) is 14.4. The Hall–Kier alpha value is -5.94. The first-order valence-corrected chi connectivity index (χ1v) is 14.4. The number of nitrogens with zero attached hydrogens (tertiary/aromatic N) is 4. The first kappa shape index (κ1) is 23.7. The molecule has 0 unspecified atom stereocenters. The fourth-order valence-electron chi connectivity index (χ4n) is 6.52. The van der Waals surface area contributed by atoms with Crippen molar-refractivity contribution in [3.05, 3.63) is 156 Å². The van der Waals surface area contributed by atoms with Crippen LogP contribution in [0.25, 0.3) is 71.9 Å². The standard InChI is InChI=1S/C38H24N4O/c43-38-41(34-16-8-5-13-30(34)37-39-32-14-6-9-17-36(32)42(37)38)28-21-18-25(19-22-28)26-20-23-35-31(24-26)29-12-4-7-15-33(29)40(35)27-10-2-1-3-11-27/h1-24H. The summed E-state index contributed by atoms with van der Waals surface area (Å²) in [5.41, 5.74) is 9.52. The number of para-hydroxylation sites is 5. The van der Waals surface area contributed by atoms with Gasteiger partial charge in [0.1, 0.15) is 0 Å². The van der Waals surface area contributed by atoms with E-state index in [9.17, 15) is 4.79 Å². The lowest BCUT2D eigenvalue weighted by atomic mass is 10.0. The second kappa shape index (κ2) is 9.03. The zero-order chi connectivity index (χ0) is 28.5. The maximum absolute atomic E-state index is 14.0. The number of aromatic nitrogens is 4. The summed E-state index contributed by atoms with van der Waals surface area (Å²) < 4.78 is 5.84. The fraction of sp³-hybridized carbons (Fsp3) is 0. The number of benzene rings is 6. The van der Waals surface area contributed by atoms with E-state index < -0.39 is 0 Å². The highest BCUT2D eigenvalue weighted by Crippen LogP contribution is 2.35. The van der Waals surface area contributed by atoms with Crippen molar-refractivity contribution < 1.29 is 0 Å². The van der Waals surface area contributed by atoms with E-state index in [-0.39, 0.29) is 5.69 Å². The molecule has 0 amide bonds. The minimum atomic E-state index is -0.134. The molecule has 0 aliphatic carbocycles. The van der Waals surface area contributed by atoms with Gasteiger partial charge < -0.3 is 4.57 Å². The van der Waals surface area contributed by atoms with E-state index in [1.807, 2.05) is 66.7 Å². The van der Waals surface area contributed by atoms with Gasteiger partial charge in [-0.15, -0.1) is 0 Å². The van der Waals surface area contributed by atoms with Crippen LogP contribution in [0.1, 0.15) is 0 Å². The largest absolute Gasteiger partial charge is 0.339 e. The second-order valence-electron chi connectivity index (χ2n) is 10.9. The van der Waals surface area contributed by atoms with Gasteiger partial charge in [0.25, 0.3) is 0 Å². The Bertz CT molecular complexity index is 2570. The van der Waals surface area contributed by atoms with Gasteiger partial charge in [-0.05, 0) is 77.9 Å². The normalized spacial score (nSPS) is 11.8. The smallest absolute Gasteiger partial charge is 0.309 e. The number of imidazole rings is 1. The highest BCUT2D eigenvalue weighted by molar-refractivity contribution is 6.10. The molecule has 0 spiro atoms. The van der Waals surface area contributed by atoms with Gasteiger partial charge in [0.15, 0.2) is 5.65 Å². The molecule has 3 heterocycles. The van der Waals surface area contributed by atoms with Crippen LogP contribution in [0.2, 0.25) is 0 Å². The third-order valence-electron chi connectivity index (χ3n) is 8.48. The third kappa shape index (κ3) is 3.45. The van der Waals surface area contributed by atoms with Crippen LogP contribution in [-0.4, -0.2) is 18.5 Å². The molecule has 0 bridgehead atoms. The molecule has 0 atom stereocenters. The van der Waals surface area contributed by atoms with Gasteiger partial charge in [-0.3, -0.25) is 4.57 Å². The highest BCUT2D eigenvalue weighted by Gasteiger charge is 2.17. The quantitative estimate of drug-likeness (QED) is 0.220. The molecule has 5 nitrogen and oxygen atoms in total. The van der Waals surface area contributed by atoms with Gasteiger partial charge in [-0.25, -0.2) is 14.2 Å². The van der Waals surface area contributed by atoms with Crippen LogP contribution in [0.15, 0.2) is 150 Å². The molecule has 9 aromatic rings. The van der Waals surface area contributed by atoms with Crippen LogP contribution in [0.3, 0.4) is 0 Å². The van der Waals surface area contributed by atoms with Crippen LogP contribution in [-0.2, 0) is 0 Å². The summed E-state index contributed by atoms with van der Waals surface area (Å²) in [4.78, 5) is 18.9. The lowest BCUT2D eigenvalue weighted by Crippen LogP contribution is -2.25. The van der Waals surface area contributed by atoms with E-state index in [1.54, 1.807) is 8.97 Å². The maximum atomic E-state index is 14.0. The monoisotopic (exact) mass is 552 g/mol. The van der Waals surface area contributed by atoms with Crippen molar-refractivity contribution in [1.29, 1.82) is 0 Å². The van der Waals surface area contributed by atoms with E-state index >= 15 is 0 Å². The van der Waals surface area contributed by atoms with Crippen molar-refractivity contribution in [3.8, 4) is 22.5 Å². The van der Waals surface area contributed by atoms with Crippen LogP contribution >= 0.6 is 0 Å². The molecule has 0 aliphatic heterocycles. The van der Waals surface area contributed by atoms with Gasteiger partial charge in [0, 0.05) is 21.8 Å². The molecule has 3 aromatic heterocycles. The van der Waals surface area contributed by atoms with Gasteiger partial charge in [0.2, 0.25) is 0 Å². The summed E-state index contributed by atoms with van der Waals surface area (Å²) >= 11 is 0. The SMILES string of the molecule is O=c1n(-c2ccc(-c3ccc4c(c3)c3ccccc3n4-c3ccccc3)cc2)c2ccccc2c2nc3ccccc3n12. The molecule has 0 aliphatic rings. The Balaban J connectivity index is 1.21. The summed E-state index contributed by atoms with van der Waals surface area (Å²) in [6.07, 6.45) is 0. The maximum Gasteiger partial charge on any atom is 0.339 e. The Morgan fingerprint density at radius 1 is 0.442 bits per heavy atom. The van der Waals surface area contributed by atoms with Crippen LogP contribution < -0.4 is 5.69 Å². The molecule has 43 heavy (non-hydrogen) atoms. The number of fused-ring (bicyclic) bond motifs is 8. The van der Waals surface area contributed by atoms with E-state index in [0.29, 0.717) is 5.65 Å². The topological polar surface area (TPSA) is 44.2 Å². The van der Waals surface area contributed by atoms with Crippen LogP contribution in [0.4, 0.5) is 0 Å². The molecule has 0 saturated heterocycles. The minimum absolute atomic E-state index is 0.134. The first-order chi connectivity index (χ1) is 21.3. The Morgan fingerprint density at radius 3 is 1.81 bits per heavy atom. The van der Waals surface area contributed by atoms with Gasteiger partial charge in [-0.2, -0.15) is 0 Å². The van der Waals surface area contributed by atoms with Gasteiger partial charge >= 0.3 is 5.69 Å². The molecule has 0 radical (unpaired) electrons. The van der Waals surface area contributed by atoms with Crippen molar-refractivity contribution in [2.75, 3.05) is 0 Å². The highest BCUT2D eigenvalue weighted by atomic mass is 16.1. The minimum Gasteiger partial charge on any atom is -0.309 e. The number of rotatable bonds is 3. The third-order valence-corrected chi connectivity index (χ3v) is 8.48. The summed E-state index contributed by atoms with van der Waals surface area (Å²) in [5, 5.41) is 3.36. The van der Waals surface area contributed by atoms with Crippen molar-refractivity contribution in [2.24, 2.45) is 0 Å². The molecular formula is C38H24N4O. The van der Waals surface area contributed by atoms with E-state index in [2.05, 4.69) is 83.4 Å². The molecule has 6 aromatic carbocycles. The summed E-state index contributed by atoms with van der Waals surface area (Å²) in [6, 6.07) is 49.8. The van der Waals surface area contributed by atoms with Crippen molar-refractivity contribution in [3.63, 3.8) is 0 Å². The van der Waals surface area contributed by atoms with E-state index in [4.69, 9.17) is 4.98 Å². The average molecular weight is 553 g/mol. The molecular weight excluding hydrogens is 528 g/mol. The second-order valence-corrected chi connectivity index (χ2v) is 10.9. The summed E-state index contributed by atoms with van der Waals surface area (Å²) in [5.74, 6) is 0. The Labute approximate surface area is 246 Å². The Kier molecular flexibility index (Phi) is 4.98. The predicted octanol–water partition coefficient (Wildman–Crippen LogP) is 8.56. The lowest BCUT2D eigenvalue weighted by Gasteiger charge is -2.13. The molecule has 0 fully saturated rings. The van der Waals surface area contributed by atoms with E-state index in [1.165, 1.54) is 21.8 Å². The van der Waals surface area contributed by atoms with Crippen molar-refractivity contribution in [2.45, 2.75) is 0 Å². The Morgan fingerprint density at radius 2 is 1.02 bits per heavy atom. The van der Waals surface area contributed by atoms with Crippen molar-refractivity contribution >= 4 is 49.4 Å². The van der Waals surface area contributed by atoms with Crippen LogP contribution in [0, 0.1) is 0 Å². The van der Waals surface area contributed by atoms with E-state index in [0.717, 1.165) is 44.4 Å². The number of hydrogen-bond donors (Lipinski definition) is 0. The molecule has 0 N–H and O–H groups in total. The molecule has 202 valence electrons. The average Bonchev–Trinajstić information content (AvgIpc) is 3.62. The number of hydrogen-bond acceptors (Lipinski definition) is 2. The molecule has 5 heteroatoms. The molecule has 9 rings (SSSR count). The zero-order valence-corrected chi connectivity index (χ0v) is 23.1. The van der Waals surface area contributed by atoms with Gasteiger partial charge in [0.05, 0.1) is 33.3 Å². The lowest BCUT2D eigenvalue weighted by molar-refractivity contribution is 0.932. The summed E-state index contributed by atoms with van der Waals surface area (Å²) in [7, 11) is 0. The predicted molar refractivity (Wildman–Crippen MR) is 176 cm³/mol. The fourth-order valence-corrected chi connectivity index (χ4v) is 6.52.